The van der Waals surface area contributed by atoms with E-state index in [2.05, 4.69) is 30.0 Å². The highest BCUT2D eigenvalue weighted by molar-refractivity contribution is 6.43. The molecule has 232 valence electrons. The Morgan fingerprint density at radius 2 is 1.75 bits per heavy atom. The first-order chi connectivity index (χ1) is 21.4. The summed E-state index contributed by atoms with van der Waals surface area (Å²) in [5.74, 6) is -1.34. The number of carbonyl (C=O) groups excluding carboxylic acids is 2. The molecule has 3 aliphatic heterocycles. The number of nitrogens with zero attached hydrogens (tertiary/aromatic N) is 2. The molecule has 0 unspecified atom stereocenters. The number of aliphatic hydroxyl groups excluding tert-OH is 1. The molecule has 9 heteroatoms. The number of amides is 2. The molecule has 2 aromatic rings. The highest BCUT2D eigenvalue weighted by Gasteiger charge is 2.58. The quantitative estimate of drug-likeness (QED) is 0.223. The van der Waals surface area contributed by atoms with Crippen LogP contribution in [0.1, 0.15) is 56.6 Å². The van der Waals surface area contributed by atoms with Crippen molar-refractivity contribution in [3.05, 3.63) is 82.4 Å². The monoisotopic (exact) mass is 598 g/mol. The molecule has 0 aromatic heterocycles. The Kier molecular flexibility index (Phi) is 9.38. The summed E-state index contributed by atoms with van der Waals surface area (Å²) in [6.45, 7) is 4.42. The van der Waals surface area contributed by atoms with Crippen LogP contribution in [0.25, 0.3) is 6.08 Å². The van der Waals surface area contributed by atoms with Gasteiger partial charge in [0.25, 0.3) is 0 Å². The number of phenols is 1. The number of aromatic hydroxyl groups is 1. The number of benzene rings is 2. The summed E-state index contributed by atoms with van der Waals surface area (Å²) in [6, 6.07) is 17.3. The fourth-order valence-electron chi connectivity index (χ4n) is 7.95. The highest BCUT2D eigenvalue weighted by Crippen LogP contribution is 2.51. The van der Waals surface area contributed by atoms with Crippen molar-refractivity contribution in [1.29, 1.82) is 0 Å². The zero-order valence-corrected chi connectivity index (χ0v) is 25.5. The van der Waals surface area contributed by atoms with Crippen LogP contribution in [0.4, 0.5) is 0 Å². The van der Waals surface area contributed by atoms with E-state index in [-0.39, 0.29) is 42.5 Å². The van der Waals surface area contributed by atoms with E-state index in [4.69, 9.17) is 4.65 Å². The van der Waals surface area contributed by atoms with Gasteiger partial charge in [-0.2, -0.15) is 0 Å². The molecule has 3 heterocycles. The van der Waals surface area contributed by atoms with Gasteiger partial charge in [0, 0.05) is 25.7 Å². The molecular formula is C35H43BN2O6. The van der Waals surface area contributed by atoms with Crippen molar-refractivity contribution in [1.82, 2.24) is 9.80 Å². The lowest BCUT2D eigenvalue weighted by Gasteiger charge is -2.43. The maximum Gasteiger partial charge on any atom is 0.455 e. The second-order valence-electron chi connectivity index (χ2n) is 12.8. The summed E-state index contributed by atoms with van der Waals surface area (Å²) in [5.41, 5.74) is 5.16. The first-order valence-corrected chi connectivity index (χ1v) is 16.1. The molecule has 1 aliphatic carbocycles. The fourth-order valence-corrected chi connectivity index (χ4v) is 7.95. The van der Waals surface area contributed by atoms with E-state index >= 15 is 0 Å². The van der Waals surface area contributed by atoms with Crippen LogP contribution in [0.3, 0.4) is 0 Å². The number of likely N-dealkylation sites (tertiary alicyclic amines) is 2. The van der Waals surface area contributed by atoms with Crippen LogP contribution in [0.5, 0.6) is 5.75 Å². The number of carbonyl (C=O) groups is 2. The molecule has 0 spiro atoms. The number of aliphatic hydroxyl groups is 1. The maximum absolute atomic E-state index is 14.1. The molecule has 3 N–H and O–H groups in total. The molecule has 0 saturated carbocycles. The van der Waals surface area contributed by atoms with Crippen molar-refractivity contribution in [3.8, 4) is 5.75 Å². The Balaban J connectivity index is 1.16. The van der Waals surface area contributed by atoms with E-state index in [1.165, 1.54) is 11.1 Å². The molecule has 2 amide bonds. The second kappa shape index (κ2) is 13.4. The first kappa shape index (κ1) is 30.8. The number of piperidine rings is 1. The second-order valence-corrected chi connectivity index (χ2v) is 12.8. The largest absolute Gasteiger partial charge is 0.508 e. The van der Waals surface area contributed by atoms with Gasteiger partial charge in [-0.3, -0.25) is 19.4 Å². The van der Waals surface area contributed by atoms with Crippen molar-refractivity contribution in [3.63, 3.8) is 0 Å². The highest BCUT2D eigenvalue weighted by atomic mass is 16.5. The van der Waals surface area contributed by atoms with Gasteiger partial charge in [-0.15, -0.1) is 0 Å². The number of fused-ring (bicyclic) bond motifs is 3. The number of allylic oxidation sites excluding steroid dienone is 1. The molecule has 0 bridgehead atoms. The zero-order chi connectivity index (χ0) is 30.8. The Bertz CT molecular complexity index is 1400. The summed E-state index contributed by atoms with van der Waals surface area (Å²) in [4.78, 5) is 31.9. The molecule has 3 fully saturated rings. The van der Waals surface area contributed by atoms with E-state index in [1.807, 2.05) is 30.3 Å². The molecule has 0 radical (unpaired) electrons. The topological polar surface area (TPSA) is 111 Å². The van der Waals surface area contributed by atoms with Crippen molar-refractivity contribution in [2.24, 2.45) is 17.8 Å². The van der Waals surface area contributed by atoms with Gasteiger partial charge in [-0.25, -0.2) is 0 Å². The van der Waals surface area contributed by atoms with Gasteiger partial charge in [0.05, 0.1) is 24.5 Å². The lowest BCUT2D eigenvalue weighted by atomic mass is 9.58. The zero-order valence-electron chi connectivity index (χ0n) is 25.5. The molecule has 4 aliphatic rings. The molecule has 2 aromatic carbocycles. The van der Waals surface area contributed by atoms with Gasteiger partial charge in [-0.05, 0) is 85.2 Å². The van der Waals surface area contributed by atoms with Crippen LogP contribution in [-0.2, 0) is 20.8 Å². The van der Waals surface area contributed by atoms with E-state index in [1.54, 1.807) is 17.0 Å². The van der Waals surface area contributed by atoms with E-state index in [0.717, 1.165) is 62.0 Å². The minimum absolute atomic E-state index is 0.115. The van der Waals surface area contributed by atoms with Gasteiger partial charge in [0.1, 0.15) is 5.75 Å². The first-order valence-electron chi connectivity index (χ1n) is 16.1. The predicted molar refractivity (Wildman–Crippen MR) is 169 cm³/mol. The molecule has 6 rings (SSSR count). The minimum atomic E-state index is -1.03. The normalized spacial score (nSPS) is 26.8. The van der Waals surface area contributed by atoms with Crippen LogP contribution in [0.2, 0.25) is 6.32 Å². The number of imide groups is 1. The van der Waals surface area contributed by atoms with E-state index < -0.39 is 25.1 Å². The van der Waals surface area contributed by atoms with Crippen molar-refractivity contribution >= 4 is 25.0 Å². The smallest absolute Gasteiger partial charge is 0.455 e. The SMILES string of the molecule is CC/C(=C\c1ccc(O)cc1)CC[C@H]1OB(O)C[C@H]2C1=C(CO)C[C@H]1C(=O)N(C3CCN(Cc4ccccc4)CC3)C(=O)[C@H]12. The number of hydrogen-bond acceptors (Lipinski definition) is 7. The third kappa shape index (κ3) is 6.29. The standard InChI is InChI=1S/C35H43BN2O6/c1-2-23(18-24-8-11-28(40)12-9-24)10-13-31-32-26(22-39)19-29-33(30(32)20-36(43)44-31)35(42)38(34(29)41)27-14-16-37(17-15-27)21-25-6-4-3-5-7-25/h3-9,11-12,18,27,29-31,33,39-40,43H,2,10,13-17,19-22H2,1H3/b23-18+/t29-,30+,31-,33-/m1/s1. The van der Waals surface area contributed by atoms with Crippen LogP contribution in [-0.4, -0.2) is 75.8 Å². The maximum atomic E-state index is 14.1. The minimum Gasteiger partial charge on any atom is -0.508 e. The van der Waals surface area contributed by atoms with Crippen LogP contribution in [0, 0.1) is 17.8 Å². The van der Waals surface area contributed by atoms with Gasteiger partial charge >= 0.3 is 7.12 Å². The molecule has 4 atom stereocenters. The fraction of sp³-hybridized carbons (Fsp3) is 0.486. The summed E-state index contributed by atoms with van der Waals surface area (Å²) < 4.78 is 6.07. The summed E-state index contributed by atoms with van der Waals surface area (Å²) >= 11 is 0. The summed E-state index contributed by atoms with van der Waals surface area (Å²) in [5, 5.41) is 30.9. The number of rotatable bonds is 9. The number of hydrogen-bond donors (Lipinski definition) is 3. The van der Waals surface area contributed by atoms with Crippen molar-refractivity contribution < 1.29 is 29.5 Å². The third-order valence-corrected chi connectivity index (χ3v) is 10.1. The number of phenolic OH excluding ortho intramolecular Hbond substituents is 1. The van der Waals surface area contributed by atoms with Crippen LogP contribution in [0.15, 0.2) is 71.3 Å². The average molecular weight is 599 g/mol. The Morgan fingerprint density at radius 3 is 2.43 bits per heavy atom. The van der Waals surface area contributed by atoms with Gasteiger partial charge in [0.2, 0.25) is 11.8 Å². The Labute approximate surface area is 260 Å². The molecular weight excluding hydrogens is 555 g/mol. The predicted octanol–water partition coefficient (Wildman–Crippen LogP) is 4.42. The lowest BCUT2D eigenvalue weighted by molar-refractivity contribution is -0.144. The third-order valence-electron chi connectivity index (χ3n) is 10.1. The molecule has 8 nitrogen and oxygen atoms in total. The van der Waals surface area contributed by atoms with Crippen molar-refractivity contribution in [2.75, 3.05) is 19.7 Å². The molecule has 3 saturated heterocycles. The lowest BCUT2D eigenvalue weighted by Crippen LogP contribution is -2.48. The Morgan fingerprint density at radius 1 is 1.02 bits per heavy atom. The van der Waals surface area contributed by atoms with E-state index in [9.17, 15) is 24.8 Å². The van der Waals surface area contributed by atoms with Crippen LogP contribution < -0.4 is 0 Å². The van der Waals surface area contributed by atoms with Gasteiger partial charge < -0.3 is 19.9 Å². The molecule has 44 heavy (non-hydrogen) atoms. The summed E-state index contributed by atoms with van der Waals surface area (Å²) in [6.07, 6.45) is 5.96. The average Bonchev–Trinajstić information content (AvgIpc) is 3.29. The van der Waals surface area contributed by atoms with E-state index in [0.29, 0.717) is 12.8 Å². The van der Waals surface area contributed by atoms with Crippen LogP contribution >= 0.6 is 0 Å². The summed E-state index contributed by atoms with van der Waals surface area (Å²) in [7, 11) is -1.03. The van der Waals surface area contributed by atoms with Crippen molar-refractivity contribution in [2.45, 2.75) is 70.5 Å². The van der Waals surface area contributed by atoms with Gasteiger partial charge in [0.15, 0.2) is 0 Å². The Hall–Kier alpha value is -3.24. The van der Waals surface area contributed by atoms with Gasteiger partial charge in [-0.1, -0.05) is 61.0 Å².